The Morgan fingerprint density at radius 1 is 1.14 bits per heavy atom. The van der Waals surface area contributed by atoms with Crippen molar-refractivity contribution in [2.24, 2.45) is 0 Å². The van der Waals surface area contributed by atoms with Crippen molar-refractivity contribution in [1.82, 2.24) is 14.5 Å². The van der Waals surface area contributed by atoms with Crippen LogP contribution in [0.1, 0.15) is 47.7 Å². The van der Waals surface area contributed by atoms with Crippen LogP contribution in [0.3, 0.4) is 0 Å². The number of anilines is 1. The molecule has 0 unspecified atom stereocenters. The van der Waals surface area contributed by atoms with Crippen LogP contribution in [0.4, 0.5) is 23.4 Å². The minimum atomic E-state index is -4.68. The molecule has 3 heterocycles. The quantitative estimate of drug-likeness (QED) is 0.714. The molecule has 1 aromatic carbocycles. The van der Waals surface area contributed by atoms with E-state index in [4.69, 9.17) is 0 Å². The second-order valence-electron chi connectivity index (χ2n) is 7.12. The lowest BCUT2D eigenvalue weighted by molar-refractivity contribution is -0.147. The molecule has 1 fully saturated rings. The van der Waals surface area contributed by atoms with E-state index in [1.54, 1.807) is 6.92 Å². The number of benzene rings is 1. The number of imidazole rings is 1. The van der Waals surface area contributed by atoms with Crippen molar-refractivity contribution in [3.05, 3.63) is 47.2 Å². The molecule has 6 nitrogen and oxygen atoms in total. The average molecular weight is 410 g/mol. The lowest BCUT2D eigenvalue weighted by Crippen LogP contribution is -2.42. The number of rotatable bonds is 2. The van der Waals surface area contributed by atoms with Crippen LogP contribution in [0.5, 0.6) is 0 Å². The van der Waals surface area contributed by atoms with E-state index < -0.39 is 29.8 Å². The van der Waals surface area contributed by atoms with Crippen LogP contribution >= 0.6 is 0 Å². The lowest BCUT2D eigenvalue weighted by Gasteiger charge is -2.36. The van der Waals surface area contributed by atoms with E-state index in [0.29, 0.717) is 13.0 Å². The number of hydrogen-bond donors (Lipinski definition) is 0. The predicted molar refractivity (Wildman–Crippen MR) is 94.7 cm³/mol. The van der Waals surface area contributed by atoms with E-state index in [0.717, 1.165) is 16.7 Å². The number of nitrogens with zero attached hydrogens (tertiary/aromatic N) is 4. The summed E-state index contributed by atoms with van der Waals surface area (Å²) in [5, 5.41) is 0. The number of halogens is 4. The third-order valence-electron chi connectivity index (χ3n) is 5.35. The first-order chi connectivity index (χ1) is 13.7. The van der Waals surface area contributed by atoms with E-state index in [-0.39, 0.29) is 42.5 Å². The SMILES string of the molecule is C[C@@H]1c2c(N3CCCC3=O)nc(C(F)(F)F)n2CCN1C(=O)c1ccc(F)cc1. The van der Waals surface area contributed by atoms with Crippen molar-refractivity contribution in [3.63, 3.8) is 0 Å². The smallest absolute Gasteiger partial charge is 0.328 e. The fourth-order valence-electron chi connectivity index (χ4n) is 3.96. The molecular formula is C19H18F4N4O2. The van der Waals surface area contributed by atoms with Gasteiger partial charge in [0.1, 0.15) is 5.82 Å². The zero-order valence-electron chi connectivity index (χ0n) is 15.5. The van der Waals surface area contributed by atoms with Crippen LogP contribution in [-0.2, 0) is 17.5 Å². The Bertz CT molecular complexity index is 968. The molecule has 0 saturated carbocycles. The topological polar surface area (TPSA) is 58.4 Å². The molecule has 4 rings (SSSR count). The van der Waals surface area contributed by atoms with E-state index in [9.17, 15) is 27.2 Å². The maximum absolute atomic E-state index is 13.6. The summed E-state index contributed by atoms with van der Waals surface area (Å²) in [6, 6.07) is 4.24. The maximum atomic E-state index is 13.6. The van der Waals surface area contributed by atoms with Gasteiger partial charge in [0.2, 0.25) is 11.7 Å². The van der Waals surface area contributed by atoms with Gasteiger partial charge in [0.25, 0.3) is 5.91 Å². The molecule has 29 heavy (non-hydrogen) atoms. The molecule has 10 heteroatoms. The number of fused-ring (bicyclic) bond motifs is 1. The fraction of sp³-hybridized carbons (Fsp3) is 0.421. The largest absolute Gasteiger partial charge is 0.449 e. The van der Waals surface area contributed by atoms with E-state index in [1.165, 1.54) is 21.9 Å². The normalized spacial score (nSPS) is 19.6. The summed E-state index contributed by atoms with van der Waals surface area (Å²) in [4.78, 5) is 31.5. The number of amides is 2. The van der Waals surface area contributed by atoms with Crippen molar-refractivity contribution >= 4 is 17.6 Å². The summed E-state index contributed by atoms with van der Waals surface area (Å²) in [5.41, 5.74) is 0.426. The highest BCUT2D eigenvalue weighted by Gasteiger charge is 2.44. The second kappa shape index (κ2) is 6.85. The van der Waals surface area contributed by atoms with Gasteiger partial charge in [0, 0.05) is 31.6 Å². The zero-order chi connectivity index (χ0) is 20.9. The van der Waals surface area contributed by atoms with E-state index in [1.807, 2.05) is 0 Å². The number of alkyl halides is 3. The summed E-state index contributed by atoms with van der Waals surface area (Å²) in [5.74, 6) is -2.30. The van der Waals surface area contributed by atoms with Crippen molar-refractivity contribution in [2.75, 3.05) is 18.0 Å². The van der Waals surface area contributed by atoms with Crippen LogP contribution in [0.15, 0.2) is 24.3 Å². The number of carbonyl (C=O) groups excluding carboxylic acids is 2. The Morgan fingerprint density at radius 3 is 2.41 bits per heavy atom. The van der Waals surface area contributed by atoms with Gasteiger partial charge in [-0.05, 0) is 37.6 Å². The van der Waals surface area contributed by atoms with Crippen LogP contribution in [0, 0.1) is 5.82 Å². The monoisotopic (exact) mass is 410 g/mol. The molecular weight excluding hydrogens is 392 g/mol. The van der Waals surface area contributed by atoms with Gasteiger partial charge in [-0.3, -0.25) is 14.5 Å². The van der Waals surface area contributed by atoms with Gasteiger partial charge in [-0.2, -0.15) is 13.2 Å². The first-order valence-electron chi connectivity index (χ1n) is 9.23. The zero-order valence-corrected chi connectivity index (χ0v) is 15.5. The Hall–Kier alpha value is -2.91. The van der Waals surface area contributed by atoms with Gasteiger partial charge >= 0.3 is 6.18 Å². The minimum absolute atomic E-state index is 0.0380. The molecule has 0 bridgehead atoms. The van der Waals surface area contributed by atoms with Gasteiger partial charge in [-0.15, -0.1) is 0 Å². The standard InChI is InChI=1S/C19H18F4N4O2/c1-11-15-16(26-8-2-3-14(26)28)24-18(19(21,22)23)27(15)10-9-25(11)17(29)12-4-6-13(20)7-5-12/h4-7,11H,2-3,8-10H2,1H3/t11-/m1/s1. The third-order valence-corrected chi connectivity index (χ3v) is 5.35. The molecule has 2 aromatic rings. The first kappa shape index (κ1) is 19.4. The average Bonchev–Trinajstić information content (AvgIpc) is 3.25. The highest BCUT2D eigenvalue weighted by molar-refractivity contribution is 5.96. The lowest BCUT2D eigenvalue weighted by atomic mass is 10.1. The van der Waals surface area contributed by atoms with Crippen molar-refractivity contribution in [2.45, 2.75) is 38.5 Å². The molecule has 2 aliphatic heterocycles. The summed E-state index contributed by atoms with van der Waals surface area (Å²) in [6.45, 7) is 1.84. The molecule has 0 aliphatic carbocycles. The summed E-state index contributed by atoms with van der Waals surface area (Å²) in [6.07, 6.45) is -3.89. The summed E-state index contributed by atoms with van der Waals surface area (Å²) >= 11 is 0. The van der Waals surface area contributed by atoms with Crippen molar-refractivity contribution < 1.29 is 27.2 Å². The number of carbonyl (C=O) groups is 2. The van der Waals surface area contributed by atoms with E-state index >= 15 is 0 Å². The molecule has 1 saturated heterocycles. The van der Waals surface area contributed by atoms with Crippen LogP contribution in [0.2, 0.25) is 0 Å². The summed E-state index contributed by atoms with van der Waals surface area (Å²) in [7, 11) is 0. The van der Waals surface area contributed by atoms with Crippen LogP contribution in [-0.4, -0.2) is 39.4 Å². The van der Waals surface area contributed by atoms with Gasteiger partial charge in [0.15, 0.2) is 5.82 Å². The molecule has 0 radical (unpaired) electrons. The molecule has 2 amide bonds. The predicted octanol–water partition coefficient (Wildman–Crippen LogP) is 3.38. The van der Waals surface area contributed by atoms with Crippen molar-refractivity contribution in [1.29, 1.82) is 0 Å². The Balaban J connectivity index is 1.76. The molecule has 154 valence electrons. The first-order valence-corrected chi connectivity index (χ1v) is 9.23. The van der Waals surface area contributed by atoms with Crippen molar-refractivity contribution in [3.8, 4) is 0 Å². The summed E-state index contributed by atoms with van der Waals surface area (Å²) < 4.78 is 54.9. The Morgan fingerprint density at radius 2 is 1.83 bits per heavy atom. The Labute approximate surface area is 163 Å². The molecule has 2 aliphatic rings. The van der Waals surface area contributed by atoms with Gasteiger partial charge in [-0.1, -0.05) is 0 Å². The maximum Gasteiger partial charge on any atom is 0.449 e. The molecule has 0 spiro atoms. The van der Waals surface area contributed by atoms with Crippen LogP contribution in [0.25, 0.3) is 0 Å². The van der Waals surface area contributed by atoms with Gasteiger partial charge in [0.05, 0.1) is 11.7 Å². The van der Waals surface area contributed by atoms with E-state index in [2.05, 4.69) is 4.98 Å². The Kier molecular flexibility index (Phi) is 4.59. The highest BCUT2D eigenvalue weighted by atomic mass is 19.4. The van der Waals surface area contributed by atoms with Gasteiger partial charge in [-0.25, -0.2) is 9.37 Å². The fourth-order valence-corrected chi connectivity index (χ4v) is 3.96. The number of hydrogen-bond acceptors (Lipinski definition) is 3. The molecule has 1 atom stereocenters. The minimum Gasteiger partial charge on any atom is -0.328 e. The second-order valence-corrected chi connectivity index (χ2v) is 7.12. The third kappa shape index (κ3) is 3.26. The molecule has 0 N–H and O–H groups in total. The van der Waals surface area contributed by atoms with Crippen LogP contribution < -0.4 is 4.90 Å². The number of aromatic nitrogens is 2. The highest BCUT2D eigenvalue weighted by Crippen LogP contribution is 2.40. The van der Waals surface area contributed by atoms with Gasteiger partial charge < -0.3 is 9.47 Å². The molecule has 1 aromatic heterocycles.